The number of ether oxygens (including phenoxy) is 2. The summed E-state index contributed by atoms with van der Waals surface area (Å²) in [5, 5.41) is 0. The van der Waals surface area contributed by atoms with Gasteiger partial charge in [-0.1, -0.05) is 61.0 Å². The molecular weight excluding hydrogens is 496 g/mol. The number of aliphatic imine (C=N–C) groups is 1. The Morgan fingerprint density at radius 2 is 1.50 bits per heavy atom. The summed E-state index contributed by atoms with van der Waals surface area (Å²) in [4.78, 5) is 4.64. The standard InChI is InChI=1S/C23H27NO7P2S/c1-22(2)14-26-32(25)30-20(22)29-19-12-8-6-10-17(19)24-13-16-9-5-7-11-18(16)28-21-23(3,4)15-27-33(34)31-21/h5-13,20-21H,14-15H2,1-4H3/q+2. The number of benzene rings is 2. The molecule has 2 heterocycles. The zero-order valence-electron chi connectivity index (χ0n) is 19.4. The third kappa shape index (κ3) is 6.04. The molecule has 0 aliphatic carbocycles. The molecule has 2 aliphatic rings. The van der Waals surface area contributed by atoms with Gasteiger partial charge < -0.3 is 9.47 Å². The van der Waals surface area contributed by atoms with E-state index in [0.29, 0.717) is 23.8 Å². The molecule has 0 N–H and O–H groups in total. The summed E-state index contributed by atoms with van der Waals surface area (Å²) < 4.78 is 45.9. The summed E-state index contributed by atoms with van der Waals surface area (Å²) >= 11 is 5.20. The maximum Gasteiger partial charge on any atom is 0.701 e. The van der Waals surface area contributed by atoms with Crippen molar-refractivity contribution in [1.29, 1.82) is 0 Å². The van der Waals surface area contributed by atoms with Gasteiger partial charge >= 0.3 is 15.4 Å². The number of nitrogens with zero attached hydrogens (tertiary/aromatic N) is 1. The second kappa shape index (κ2) is 10.4. The molecule has 0 radical (unpaired) electrons. The minimum Gasteiger partial charge on any atom is -0.459 e. The Balaban J connectivity index is 1.55. The Morgan fingerprint density at radius 1 is 0.912 bits per heavy atom. The normalized spacial score (nSPS) is 26.4. The highest BCUT2D eigenvalue weighted by atomic mass is 32.4. The molecular formula is C23H27NO7P2S+2. The maximum atomic E-state index is 11.8. The molecule has 4 rings (SSSR count). The van der Waals surface area contributed by atoms with E-state index >= 15 is 0 Å². The van der Waals surface area contributed by atoms with Crippen molar-refractivity contribution < 1.29 is 32.1 Å². The fourth-order valence-corrected chi connectivity index (χ4v) is 5.53. The first-order valence-corrected chi connectivity index (χ1v) is 14.0. The second-order valence-electron chi connectivity index (χ2n) is 9.35. The van der Waals surface area contributed by atoms with Crippen LogP contribution in [0.1, 0.15) is 33.3 Å². The number of rotatable bonds is 6. The molecule has 2 aromatic rings. The van der Waals surface area contributed by atoms with Gasteiger partial charge in [0.1, 0.15) is 30.4 Å². The van der Waals surface area contributed by atoms with Crippen molar-refractivity contribution >= 4 is 39.1 Å². The van der Waals surface area contributed by atoms with Gasteiger partial charge in [0.05, 0.1) is 10.8 Å². The van der Waals surface area contributed by atoms with Gasteiger partial charge in [0.2, 0.25) is 11.8 Å². The molecule has 0 bridgehead atoms. The Kier molecular flexibility index (Phi) is 7.75. The summed E-state index contributed by atoms with van der Waals surface area (Å²) in [5.74, 6) is 1.13. The van der Waals surface area contributed by atoms with E-state index in [1.807, 2.05) is 70.2 Å². The Morgan fingerprint density at radius 3 is 2.26 bits per heavy atom. The van der Waals surface area contributed by atoms with Crippen LogP contribution in [0.15, 0.2) is 53.5 Å². The van der Waals surface area contributed by atoms with Gasteiger partial charge in [-0.25, -0.2) is 0 Å². The first kappa shape index (κ1) is 25.3. The van der Waals surface area contributed by atoms with E-state index in [-0.39, 0.29) is 12.0 Å². The Hall–Kier alpha value is -1.83. The van der Waals surface area contributed by atoms with Gasteiger partial charge in [-0.2, -0.15) is 0 Å². The summed E-state index contributed by atoms with van der Waals surface area (Å²) in [6, 6.07) is 14.9. The zero-order chi connectivity index (χ0) is 24.3. The molecule has 8 nitrogen and oxygen atoms in total. The third-order valence-corrected chi connectivity index (χ3v) is 7.30. The summed E-state index contributed by atoms with van der Waals surface area (Å²) in [6.07, 6.45) is 0.430. The predicted molar refractivity (Wildman–Crippen MR) is 132 cm³/mol. The molecule has 11 heteroatoms. The van der Waals surface area contributed by atoms with Gasteiger partial charge in [0.15, 0.2) is 0 Å². The molecule has 2 fully saturated rings. The van der Waals surface area contributed by atoms with Gasteiger partial charge in [0, 0.05) is 16.3 Å². The molecule has 0 aromatic heterocycles. The molecule has 2 aromatic carbocycles. The molecule has 180 valence electrons. The minimum atomic E-state index is -2.22. The topological polar surface area (TPSA) is 84.8 Å². The lowest BCUT2D eigenvalue weighted by molar-refractivity contribution is -0.125. The van der Waals surface area contributed by atoms with Crippen LogP contribution < -0.4 is 9.47 Å². The van der Waals surface area contributed by atoms with Gasteiger partial charge in [-0.15, -0.1) is 9.05 Å². The van der Waals surface area contributed by atoms with E-state index in [9.17, 15) is 4.57 Å². The van der Waals surface area contributed by atoms with Crippen molar-refractivity contribution in [2.75, 3.05) is 13.2 Å². The number of para-hydroxylation sites is 3. The molecule has 2 saturated heterocycles. The van der Waals surface area contributed by atoms with Crippen LogP contribution in [0.3, 0.4) is 0 Å². The molecule has 4 unspecified atom stereocenters. The fourth-order valence-electron chi connectivity index (χ4n) is 3.17. The van der Waals surface area contributed by atoms with E-state index in [4.69, 9.17) is 39.4 Å². The van der Waals surface area contributed by atoms with Crippen LogP contribution in [-0.4, -0.2) is 32.0 Å². The molecule has 0 spiro atoms. The Labute approximate surface area is 206 Å². The van der Waals surface area contributed by atoms with Gasteiger partial charge in [0.25, 0.3) is 12.6 Å². The van der Waals surface area contributed by atoms with E-state index in [1.165, 1.54) is 0 Å². The smallest absolute Gasteiger partial charge is 0.459 e. The third-order valence-electron chi connectivity index (χ3n) is 5.32. The van der Waals surface area contributed by atoms with Gasteiger partial charge in [-0.3, -0.25) is 4.99 Å². The number of hydrogen-bond donors (Lipinski definition) is 0. The van der Waals surface area contributed by atoms with Crippen LogP contribution in [0, 0.1) is 10.8 Å². The van der Waals surface area contributed by atoms with Crippen LogP contribution in [0.2, 0.25) is 0 Å². The lowest BCUT2D eigenvalue weighted by Gasteiger charge is -2.31. The lowest BCUT2D eigenvalue weighted by atomic mass is 9.94. The molecule has 2 aliphatic heterocycles. The largest absolute Gasteiger partial charge is 0.701 e. The monoisotopic (exact) mass is 523 g/mol. The SMILES string of the molecule is CC1(C)CO[P+](=O)OC1Oc1ccccc1N=Cc1ccccc1OC1O[P+](=S)OCC1(C)C. The van der Waals surface area contributed by atoms with Crippen LogP contribution >= 0.6 is 15.4 Å². The second-order valence-corrected chi connectivity index (χ2v) is 12.1. The van der Waals surface area contributed by atoms with Crippen molar-refractivity contribution in [1.82, 2.24) is 0 Å². The highest BCUT2D eigenvalue weighted by Gasteiger charge is 2.48. The average molecular weight is 523 g/mol. The van der Waals surface area contributed by atoms with E-state index in [2.05, 4.69) is 4.99 Å². The van der Waals surface area contributed by atoms with Crippen LogP contribution in [-0.2, 0) is 34.5 Å². The van der Waals surface area contributed by atoms with E-state index in [0.717, 1.165) is 5.56 Å². The fraction of sp³-hybridized carbons (Fsp3) is 0.435. The molecule has 0 saturated carbocycles. The summed E-state index contributed by atoms with van der Waals surface area (Å²) in [5.41, 5.74) is 0.513. The van der Waals surface area contributed by atoms with Crippen LogP contribution in [0.4, 0.5) is 5.69 Å². The summed E-state index contributed by atoms with van der Waals surface area (Å²) in [7, 11) is -3.62. The predicted octanol–water partition coefficient (Wildman–Crippen LogP) is 6.42. The maximum absolute atomic E-state index is 11.8. The van der Waals surface area contributed by atoms with Crippen LogP contribution in [0.5, 0.6) is 11.5 Å². The summed E-state index contributed by atoms with van der Waals surface area (Å²) in [6.45, 7) is 8.59. The quantitative estimate of drug-likeness (QED) is 0.317. The first-order valence-electron chi connectivity index (χ1n) is 10.7. The highest BCUT2D eigenvalue weighted by Crippen LogP contribution is 2.44. The first-order chi connectivity index (χ1) is 16.1. The van der Waals surface area contributed by atoms with E-state index in [1.54, 1.807) is 12.3 Å². The highest BCUT2D eigenvalue weighted by molar-refractivity contribution is 8.00. The minimum absolute atomic E-state index is 0.264. The van der Waals surface area contributed by atoms with Crippen molar-refractivity contribution in [2.45, 2.75) is 40.3 Å². The average Bonchev–Trinajstić information content (AvgIpc) is 2.79. The van der Waals surface area contributed by atoms with Crippen molar-refractivity contribution in [3.63, 3.8) is 0 Å². The lowest BCUT2D eigenvalue weighted by Crippen LogP contribution is -2.41. The van der Waals surface area contributed by atoms with Crippen LogP contribution in [0.25, 0.3) is 0 Å². The zero-order valence-corrected chi connectivity index (χ0v) is 22.0. The molecule has 4 atom stereocenters. The number of hydrogen-bond acceptors (Lipinski definition) is 9. The van der Waals surface area contributed by atoms with Crippen molar-refractivity contribution in [3.8, 4) is 11.5 Å². The van der Waals surface area contributed by atoms with E-state index < -0.39 is 33.4 Å². The Bertz CT molecular complexity index is 1020. The molecule has 34 heavy (non-hydrogen) atoms. The molecule has 0 amide bonds. The van der Waals surface area contributed by atoms with Crippen molar-refractivity contribution in [3.05, 3.63) is 54.1 Å². The van der Waals surface area contributed by atoms with Crippen molar-refractivity contribution in [2.24, 2.45) is 15.8 Å². The van der Waals surface area contributed by atoms with Gasteiger partial charge in [-0.05, 0) is 24.3 Å².